The number of thioether (sulfide) groups is 1. The van der Waals surface area contributed by atoms with Crippen LogP contribution in [0.4, 0.5) is 4.39 Å². The molecule has 0 radical (unpaired) electrons. The largest absolute Gasteiger partial charge is 0.369 e. The topological polar surface area (TPSA) is 82.8 Å². The number of hydrogen-bond acceptors (Lipinski definition) is 4. The van der Waals surface area contributed by atoms with Gasteiger partial charge in [-0.15, -0.1) is 11.8 Å². The van der Waals surface area contributed by atoms with Crippen LogP contribution in [-0.4, -0.2) is 61.8 Å². The minimum absolute atomic E-state index is 0.214. The fourth-order valence-electron chi connectivity index (χ4n) is 2.71. The maximum atomic E-state index is 12.9. The number of likely N-dealkylation sites (tertiary alicyclic amines) is 1. The lowest BCUT2D eigenvalue weighted by molar-refractivity contribution is -0.119. The third-order valence-electron chi connectivity index (χ3n) is 4.01. The van der Waals surface area contributed by atoms with Gasteiger partial charge in [0.15, 0.2) is 5.96 Å². The van der Waals surface area contributed by atoms with Crippen molar-refractivity contribution in [3.05, 3.63) is 30.1 Å². The van der Waals surface area contributed by atoms with Crippen molar-refractivity contribution in [3.8, 4) is 0 Å². The maximum absolute atomic E-state index is 12.9. The smallest absolute Gasteiger partial charge is 0.231 e. The van der Waals surface area contributed by atoms with Gasteiger partial charge in [0.05, 0.1) is 6.54 Å². The number of carbonyl (C=O) groups is 1. The first-order valence-corrected chi connectivity index (χ1v) is 9.41. The van der Waals surface area contributed by atoms with Gasteiger partial charge in [0.25, 0.3) is 0 Å². The molecule has 0 atom stereocenters. The number of hydrogen-bond donors (Lipinski definition) is 3. The van der Waals surface area contributed by atoms with E-state index in [9.17, 15) is 9.18 Å². The highest BCUT2D eigenvalue weighted by atomic mass is 32.2. The van der Waals surface area contributed by atoms with Crippen LogP contribution in [0.25, 0.3) is 0 Å². The predicted octanol–water partition coefficient (Wildman–Crippen LogP) is 1.03. The second-order valence-corrected chi connectivity index (χ2v) is 7.13. The average Bonchev–Trinajstić information content (AvgIpc) is 2.60. The first-order chi connectivity index (χ1) is 12.1. The van der Waals surface area contributed by atoms with Crippen molar-refractivity contribution in [1.29, 1.82) is 0 Å². The fraction of sp³-hybridized carbons (Fsp3) is 0.529. The Kier molecular flexibility index (Phi) is 8.00. The molecule has 1 aliphatic rings. The maximum Gasteiger partial charge on any atom is 0.231 e. The molecule has 0 aliphatic carbocycles. The van der Waals surface area contributed by atoms with E-state index in [1.165, 1.54) is 12.1 Å². The fourth-order valence-corrected chi connectivity index (χ4v) is 3.48. The highest BCUT2D eigenvalue weighted by Gasteiger charge is 2.20. The number of nitrogens with one attached hydrogen (secondary N) is 2. The molecule has 0 saturated carbocycles. The molecule has 1 amide bonds. The number of halogens is 1. The minimum atomic E-state index is -0.275. The molecule has 1 saturated heterocycles. The third-order valence-corrected chi connectivity index (χ3v) is 5.02. The summed E-state index contributed by atoms with van der Waals surface area (Å²) in [4.78, 5) is 18.3. The first-order valence-electron chi connectivity index (χ1n) is 8.43. The summed E-state index contributed by atoms with van der Waals surface area (Å²) in [5.41, 5.74) is 5.23. The zero-order chi connectivity index (χ0) is 18.1. The Morgan fingerprint density at radius 3 is 2.64 bits per heavy atom. The predicted molar refractivity (Wildman–Crippen MR) is 100 cm³/mol. The lowest BCUT2D eigenvalue weighted by Gasteiger charge is -2.32. The van der Waals surface area contributed by atoms with Crippen molar-refractivity contribution in [2.24, 2.45) is 10.7 Å². The van der Waals surface area contributed by atoms with E-state index in [2.05, 4.69) is 20.5 Å². The molecule has 1 fully saturated rings. The Labute approximate surface area is 152 Å². The Hall–Kier alpha value is -1.80. The summed E-state index contributed by atoms with van der Waals surface area (Å²) in [6.45, 7) is 2.82. The van der Waals surface area contributed by atoms with Crippen molar-refractivity contribution < 1.29 is 9.18 Å². The van der Waals surface area contributed by atoms with Crippen molar-refractivity contribution in [2.45, 2.75) is 23.8 Å². The van der Waals surface area contributed by atoms with E-state index in [-0.39, 0.29) is 11.7 Å². The lowest BCUT2D eigenvalue weighted by atomic mass is 10.1. The molecule has 4 N–H and O–H groups in total. The van der Waals surface area contributed by atoms with Gasteiger partial charge in [0.1, 0.15) is 5.82 Å². The quantitative estimate of drug-likeness (QED) is 0.290. The number of carbonyl (C=O) groups excluding carboxylic acids is 1. The van der Waals surface area contributed by atoms with Crippen molar-refractivity contribution in [3.63, 3.8) is 0 Å². The second kappa shape index (κ2) is 10.2. The molecular formula is C17H26FN5OS. The van der Waals surface area contributed by atoms with E-state index in [1.807, 2.05) is 0 Å². The number of guanidine groups is 1. The van der Waals surface area contributed by atoms with E-state index in [4.69, 9.17) is 5.73 Å². The molecule has 25 heavy (non-hydrogen) atoms. The molecule has 0 unspecified atom stereocenters. The number of benzene rings is 1. The summed E-state index contributed by atoms with van der Waals surface area (Å²) in [5.74, 6) is 1.16. The molecule has 138 valence electrons. The van der Waals surface area contributed by atoms with Gasteiger partial charge in [-0.25, -0.2) is 4.39 Å². The van der Waals surface area contributed by atoms with Crippen LogP contribution >= 0.6 is 11.8 Å². The third kappa shape index (κ3) is 7.31. The van der Waals surface area contributed by atoms with Crippen molar-refractivity contribution in [1.82, 2.24) is 15.5 Å². The van der Waals surface area contributed by atoms with E-state index < -0.39 is 0 Å². The zero-order valence-corrected chi connectivity index (χ0v) is 15.3. The SMILES string of the molecule is CN=C(NCCSc1ccc(F)cc1)NC1CCN(CC(N)=O)CC1. The Morgan fingerprint density at radius 2 is 2.04 bits per heavy atom. The van der Waals surface area contributed by atoms with Gasteiger partial charge < -0.3 is 16.4 Å². The molecule has 8 heteroatoms. The molecule has 0 aromatic heterocycles. The van der Waals surface area contributed by atoms with Crippen LogP contribution in [0.15, 0.2) is 34.2 Å². The van der Waals surface area contributed by atoms with Crippen LogP contribution in [0, 0.1) is 5.82 Å². The normalized spacial score (nSPS) is 16.6. The number of aliphatic imine (C=N–C) groups is 1. The molecule has 1 aromatic rings. The van der Waals surface area contributed by atoms with E-state index >= 15 is 0 Å². The van der Waals surface area contributed by atoms with Crippen LogP contribution in [0.3, 0.4) is 0 Å². The summed E-state index contributed by atoms with van der Waals surface area (Å²) in [7, 11) is 1.75. The standard InChI is InChI=1S/C17H26FN5OS/c1-20-17(21-8-11-25-15-4-2-13(18)3-5-15)22-14-6-9-23(10-7-14)12-16(19)24/h2-5,14H,6-12H2,1H3,(H2,19,24)(H2,20,21,22). The highest BCUT2D eigenvalue weighted by molar-refractivity contribution is 7.99. The number of nitrogens with two attached hydrogens (primary N) is 1. The summed E-state index contributed by atoms with van der Waals surface area (Å²) in [6.07, 6.45) is 1.91. The van der Waals surface area contributed by atoms with Gasteiger partial charge >= 0.3 is 0 Å². The average molecular weight is 367 g/mol. The zero-order valence-electron chi connectivity index (χ0n) is 14.5. The summed E-state index contributed by atoms with van der Waals surface area (Å²) in [6, 6.07) is 6.86. The Morgan fingerprint density at radius 1 is 1.36 bits per heavy atom. The second-order valence-electron chi connectivity index (χ2n) is 5.96. The van der Waals surface area contributed by atoms with Crippen molar-refractivity contribution in [2.75, 3.05) is 39.0 Å². The summed E-state index contributed by atoms with van der Waals surface area (Å²) >= 11 is 1.67. The summed E-state index contributed by atoms with van der Waals surface area (Å²) in [5, 5.41) is 6.72. The van der Waals surface area contributed by atoms with E-state index in [0.717, 1.165) is 49.1 Å². The van der Waals surface area contributed by atoms with E-state index in [0.29, 0.717) is 12.6 Å². The van der Waals surface area contributed by atoms with Crippen LogP contribution in [-0.2, 0) is 4.79 Å². The first kappa shape index (κ1) is 19.5. The minimum Gasteiger partial charge on any atom is -0.369 e. The molecule has 0 bridgehead atoms. The van der Waals surface area contributed by atoms with Crippen LogP contribution in [0.1, 0.15) is 12.8 Å². The summed E-state index contributed by atoms with van der Waals surface area (Å²) < 4.78 is 12.9. The van der Waals surface area contributed by atoms with Gasteiger partial charge in [0.2, 0.25) is 5.91 Å². The van der Waals surface area contributed by atoms with Crippen LogP contribution < -0.4 is 16.4 Å². The van der Waals surface area contributed by atoms with Crippen molar-refractivity contribution >= 4 is 23.6 Å². The molecule has 2 rings (SSSR count). The lowest BCUT2D eigenvalue weighted by Crippen LogP contribution is -2.50. The number of nitrogens with zero attached hydrogens (tertiary/aromatic N) is 2. The highest BCUT2D eigenvalue weighted by Crippen LogP contribution is 2.17. The number of rotatable bonds is 7. The van der Waals surface area contributed by atoms with Gasteiger partial charge in [-0.1, -0.05) is 0 Å². The molecule has 6 nitrogen and oxygen atoms in total. The Bertz CT molecular complexity index is 573. The Balaban J connectivity index is 1.64. The van der Waals surface area contributed by atoms with Gasteiger partial charge in [-0.2, -0.15) is 0 Å². The van der Waals surface area contributed by atoms with Crippen LogP contribution in [0.2, 0.25) is 0 Å². The van der Waals surface area contributed by atoms with E-state index in [1.54, 1.807) is 30.9 Å². The molecule has 1 aliphatic heterocycles. The van der Waals surface area contributed by atoms with Gasteiger partial charge in [-0.3, -0.25) is 14.7 Å². The number of primary amides is 1. The molecule has 1 aromatic carbocycles. The number of piperidine rings is 1. The van der Waals surface area contributed by atoms with Crippen LogP contribution in [0.5, 0.6) is 0 Å². The monoisotopic (exact) mass is 367 g/mol. The van der Waals surface area contributed by atoms with Gasteiger partial charge in [0, 0.05) is 43.4 Å². The van der Waals surface area contributed by atoms with Gasteiger partial charge in [-0.05, 0) is 37.1 Å². The molecular weight excluding hydrogens is 341 g/mol. The number of amides is 1. The molecule has 1 heterocycles. The molecule has 0 spiro atoms.